The minimum absolute atomic E-state index is 0.107. The van der Waals surface area contributed by atoms with Crippen LogP contribution in [-0.2, 0) is 19.1 Å². The molecular weight excluding hydrogens is 258 g/mol. The molecule has 7 heteroatoms. The third kappa shape index (κ3) is 2.13. The second kappa shape index (κ2) is 5.29. The van der Waals surface area contributed by atoms with Crippen molar-refractivity contribution in [1.82, 2.24) is 4.90 Å². The van der Waals surface area contributed by atoms with Gasteiger partial charge in [0.2, 0.25) is 0 Å². The van der Waals surface area contributed by atoms with E-state index in [0.717, 1.165) is 0 Å². The van der Waals surface area contributed by atoms with Gasteiger partial charge in [0.05, 0.1) is 13.2 Å². The first-order valence-corrected chi connectivity index (χ1v) is 6.61. The summed E-state index contributed by atoms with van der Waals surface area (Å²) >= 11 is 1.53. The van der Waals surface area contributed by atoms with Gasteiger partial charge in [0, 0.05) is 12.9 Å². The van der Waals surface area contributed by atoms with Crippen molar-refractivity contribution in [1.29, 1.82) is 0 Å². The van der Waals surface area contributed by atoms with E-state index in [-0.39, 0.29) is 17.0 Å². The zero-order valence-electron chi connectivity index (χ0n) is 10.2. The summed E-state index contributed by atoms with van der Waals surface area (Å²) in [5, 5.41) is 8.91. The summed E-state index contributed by atoms with van der Waals surface area (Å²) in [7, 11) is 1.56. The van der Waals surface area contributed by atoms with Crippen LogP contribution in [0.25, 0.3) is 0 Å². The van der Waals surface area contributed by atoms with Crippen molar-refractivity contribution in [2.75, 3.05) is 26.1 Å². The lowest BCUT2D eigenvalue weighted by molar-refractivity contribution is -0.166. The third-order valence-electron chi connectivity index (χ3n) is 2.90. The highest BCUT2D eigenvalue weighted by atomic mass is 32.2. The molecule has 0 radical (unpaired) electrons. The second-order valence-electron chi connectivity index (χ2n) is 4.13. The number of ether oxygens (including phenoxy) is 2. The van der Waals surface area contributed by atoms with Crippen LogP contribution in [0.4, 0.5) is 0 Å². The molecule has 100 valence electrons. The maximum atomic E-state index is 11.9. The fourth-order valence-electron chi connectivity index (χ4n) is 2.02. The number of methoxy groups -OCH3 is 1. The topological polar surface area (TPSA) is 76.1 Å². The molecule has 0 aromatic carbocycles. The van der Waals surface area contributed by atoms with Crippen molar-refractivity contribution in [3.05, 3.63) is 11.3 Å². The molecule has 2 rings (SSSR count). The van der Waals surface area contributed by atoms with Gasteiger partial charge in [0.1, 0.15) is 11.1 Å². The normalized spacial score (nSPS) is 27.0. The highest BCUT2D eigenvalue weighted by Crippen LogP contribution is 2.41. The number of carboxylic acid groups (broad SMARTS) is 1. The van der Waals surface area contributed by atoms with Gasteiger partial charge in [0.25, 0.3) is 5.91 Å². The number of carboxylic acids is 1. The smallest absolute Gasteiger partial charge is 0.352 e. The summed E-state index contributed by atoms with van der Waals surface area (Å²) in [5.74, 6) is -0.721. The Morgan fingerprint density at radius 3 is 2.89 bits per heavy atom. The maximum absolute atomic E-state index is 11.9. The Bertz CT molecular complexity index is 408. The Morgan fingerprint density at radius 1 is 1.56 bits per heavy atom. The molecule has 0 aliphatic carbocycles. The molecule has 2 aliphatic heterocycles. The van der Waals surface area contributed by atoms with Crippen molar-refractivity contribution in [2.45, 2.75) is 18.4 Å². The number of carbonyl (C=O) groups excluding carboxylic acids is 1. The molecule has 2 atom stereocenters. The zero-order chi connectivity index (χ0) is 13.3. The van der Waals surface area contributed by atoms with Crippen LogP contribution in [0.15, 0.2) is 11.3 Å². The lowest BCUT2D eigenvalue weighted by Crippen LogP contribution is -2.65. The molecular formula is C11H15NO5S. The monoisotopic (exact) mass is 273 g/mol. The van der Waals surface area contributed by atoms with Crippen molar-refractivity contribution in [2.24, 2.45) is 0 Å². The lowest BCUT2D eigenvalue weighted by Gasteiger charge is -2.48. The van der Waals surface area contributed by atoms with Crippen LogP contribution < -0.4 is 0 Å². The average Bonchev–Trinajstić information content (AvgIpc) is 2.34. The summed E-state index contributed by atoms with van der Waals surface area (Å²) < 4.78 is 10.3. The summed E-state index contributed by atoms with van der Waals surface area (Å²) in [6.07, 6.45) is -0.549. The number of amides is 1. The van der Waals surface area contributed by atoms with Gasteiger partial charge in [0.15, 0.2) is 6.10 Å². The van der Waals surface area contributed by atoms with E-state index in [1.54, 1.807) is 14.0 Å². The van der Waals surface area contributed by atoms with Crippen molar-refractivity contribution >= 4 is 23.6 Å². The number of nitrogens with zero attached hydrogens (tertiary/aromatic N) is 1. The Morgan fingerprint density at radius 2 is 2.28 bits per heavy atom. The van der Waals surface area contributed by atoms with Crippen LogP contribution in [-0.4, -0.2) is 59.4 Å². The van der Waals surface area contributed by atoms with Gasteiger partial charge in [-0.05, 0) is 12.5 Å². The third-order valence-corrected chi connectivity index (χ3v) is 4.30. The number of carbonyl (C=O) groups is 2. The van der Waals surface area contributed by atoms with Crippen LogP contribution in [0.2, 0.25) is 0 Å². The Labute approximate surface area is 109 Å². The van der Waals surface area contributed by atoms with Gasteiger partial charge >= 0.3 is 5.97 Å². The standard InChI is InChI=1S/C11H15NO5S/c1-6-5-18-10-8(17-4-3-16-2)9(13)12(10)7(6)11(14)15/h8,10H,3-5H2,1-2H3,(H,14,15)/t8-,10-/m0/s1. The number of hydrogen-bond acceptors (Lipinski definition) is 5. The Balaban J connectivity index is 2.06. The van der Waals surface area contributed by atoms with Crippen molar-refractivity contribution in [3.63, 3.8) is 0 Å². The molecule has 0 aromatic rings. The van der Waals surface area contributed by atoms with E-state index in [4.69, 9.17) is 14.6 Å². The molecule has 0 spiro atoms. The molecule has 1 fully saturated rings. The van der Waals surface area contributed by atoms with Crippen LogP contribution in [0.3, 0.4) is 0 Å². The van der Waals surface area contributed by atoms with Crippen LogP contribution >= 0.6 is 11.8 Å². The first-order valence-electron chi connectivity index (χ1n) is 5.56. The number of thioether (sulfide) groups is 1. The van der Waals surface area contributed by atoms with E-state index < -0.39 is 12.1 Å². The lowest BCUT2D eigenvalue weighted by atomic mass is 10.1. The summed E-state index contributed by atoms with van der Waals surface area (Å²) in [6, 6.07) is 0. The zero-order valence-corrected chi connectivity index (χ0v) is 11.0. The molecule has 0 aromatic heterocycles. The molecule has 0 bridgehead atoms. The predicted molar refractivity (Wildman–Crippen MR) is 65.0 cm³/mol. The minimum atomic E-state index is -1.05. The van der Waals surface area contributed by atoms with Crippen LogP contribution in [0.5, 0.6) is 0 Å². The Kier molecular flexibility index (Phi) is 3.94. The van der Waals surface area contributed by atoms with E-state index in [1.165, 1.54) is 16.7 Å². The van der Waals surface area contributed by atoms with E-state index in [0.29, 0.717) is 24.5 Å². The van der Waals surface area contributed by atoms with E-state index in [1.807, 2.05) is 0 Å². The van der Waals surface area contributed by atoms with E-state index in [9.17, 15) is 9.59 Å². The summed E-state index contributed by atoms with van der Waals surface area (Å²) in [5.41, 5.74) is 0.822. The molecule has 18 heavy (non-hydrogen) atoms. The average molecular weight is 273 g/mol. The number of rotatable bonds is 5. The summed E-state index contributed by atoms with van der Waals surface area (Å²) in [4.78, 5) is 24.4. The fourth-order valence-corrected chi connectivity index (χ4v) is 3.30. The molecule has 1 N–H and O–H groups in total. The largest absolute Gasteiger partial charge is 0.477 e. The van der Waals surface area contributed by atoms with Crippen LogP contribution in [0, 0.1) is 0 Å². The molecule has 6 nitrogen and oxygen atoms in total. The fraction of sp³-hybridized carbons (Fsp3) is 0.636. The first kappa shape index (κ1) is 13.4. The molecule has 0 unspecified atom stereocenters. The molecule has 1 saturated heterocycles. The minimum Gasteiger partial charge on any atom is -0.477 e. The molecule has 0 saturated carbocycles. The number of fused-ring (bicyclic) bond motifs is 1. The number of β-lactam (4-membered cyclic amide) rings is 1. The highest BCUT2D eigenvalue weighted by Gasteiger charge is 2.53. The Hall–Kier alpha value is -1.05. The predicted octanol–water partition coefficient (Wildman–Crippen LogP) is 0.292. The van der Waals surface area contributed by atoms with Gasteiger partial charge in [-0.25, -0.2) is 4.79 Å². The van der Waals surface area contributed by atoms with Gasteiger partial charge < -0.3 is 14.6 Å². The molecule has 2 heterocycles. The highest BCUT2D eigenvalue weighted by molar-refractivity contribution is 8.00. The van der Waals surface area contributed by atoms with Gasteiger partial charge in [-0.15, -0.1) is 11.8 Å². The quantitative estimate of drug-likeness (QED) is 0.573. The van der Waals surface area contributed by atoms with Gasteiger partial charge in [-0.2, -0.15) is 0 Å². The first-order chi connectivity index (χ1) is 8.57. The molecule has 1 amide bonds. The van der Waals surface area contributed by atoms with E-state index >= 15 is 0 Å². The SMILES string of the molecule is COCCO[C@H]1C(=O)N2C(C(=O)O)=C(C)CS[C@@H]12. The maximum Gasteiger partial charge on any atom is 0.352 e. The van der Waals surface area contributed by atoms with Crippen LogP contribution in [0.1, 0.15) is 6.92 Å². The van der Waals surface area contributed by atoms with E-state index in [2.05, 4.69) is 0 Å². The number of hydrogen-bond donors (Lipinski definition) is 1. The summed E-state index contributed by atoms with van der Waals surface area (Å²) in [6.45, 7) is 2.49. The van der Waals surface area contributed by atoms with Crippen molar-refractivity contribution < 1.29 is 24.2 Å². The number of aliphatic carboxylic acids is 1. The second-order valence-corrected chi connectivity index (χ2v) is 5.23. The van der Waals surface area contributed by atoms with Gasteiger partial charge in [-0.3, -0.25) is 9.69 Å². The van der Waals surface area contributed by atoms with Crippen molar-refractivity contribution in [3.8, 4) is 0 Å². The van der Waals surface area contributed by atoms with Gasteiger partial charge in [-0.1, -0.05) is 0 Å². The molecule has 2 aliphatic rings.